The number of fused-ring (bicyclic) bond motifs is 1. The molecule has 0 atom stereocenters. The lowest BCUT2D eigenvalue weighted by Gasteiger charge is -2.25. The monoisotopic (exact) mass is 404 g/mol. The molecule has 2 aromatic heterocycles. The first-order chi connectivity index (χ1) is 13.0. The number of allylic oxidation sites excluding steroid dienone is 3. The van der Waals surface area contributed by atoms with E-state index in [2.05, 4.69) is 0 Å². The zero-order valence-electron chi connectivity index (χ0n) is 17.5. The third kappa shape index (κ3) is 3.99. The molecule has 1 amide bonds. The number of carbonyl (C=O) groups is 1. The number of carbonyl (C=O) groups excluding carboxylic acids is 1. The fourth-order valence-corrected chi connectivity index (χ4v) is 4.87. The van der Waals surface area contributed by atoms with E-state index in [0.717, 1.165) is 0 Å². The minimum atomic E-state index is -3.87. The topological polar surface area (TPSA) is 68.1 Å². The highest BCUT2D eigenvalue weighted by Crippen LogP contribution is 2.38. The van der Waals surface area contributed by atoms with Crippen molar-refractivity contribution in [3.05, 3.63) is 53.2 Å². The molecular formula is C21H28N2O4S. The van der Waals surface area contributed by atoms with Gasteiger partial charge in [-0.25, -0.2) is 13.2 Å². The Hall–Kier alpha value is -2.54. The molecule has 0 aliphatic carbocycles. The van der Waals surface area contributed by atoms with Crippen molar-refractivity contribution in [1.29, 1.82) is 0 Å². The SMILES string of the molecule is CC=CC(=CC)S(=O)(=O)c1c(N(C)C(=O)OC(C)(C)C)c(C)n2ccccc12. The van der Waals surface area contributed by atoms with Crippen molar-refractivity contribution in [2.75, 3.05) is 11.9 Å². The maximum absolute atomic E-state index is 13.5. The van der Waals surface area contributed by atoms with Gasteiger partial charge >= 0.3 is 6.09 Å². The summed E-state index contributed by atoms with van der Waals surface area (Å²) in [7, 11) is -2.34. The summed E-state index contributed by atoms with van der Waals surface area (Å²) >= 11 is 0. The van der Waals surface area contributed by atoms with E-state index in [-0.39, 0.29) is 9.80 Å². The fraction of sp³-hybridized carbons (Fsp3) is 0.381. The van der Waals surface area contributed by atoms with Crippen LogP contribution in [0.5, 0.6) is 0 Å². The van der Waals surface area contributed by atoms with Crippen LogP contribution in [-0.4, -0.2) is 31.6 Å². The van der Waals surface area contributed by atoms with Crippen LogP contribution in [-0.2, 0) is 14.6 Å². The molecule has 0 aliphatic heterocycles. The second kappa shape index (κ2) is 7.83. The first-order valence-corrected chi connectivity index (χ1v) is 10.5. The third-order valence-corrected chi connectivity index (χ3v) is 6.14. The van der Waals surface area contributed by atoms with Crippen LogP contribution in [0.2, 0.25) is 0 Å². The Bertz CT molecular complexity index is 1050. The summed E-state index contributed by atoms with van der Waals surface area (Å²) in [6.07, 6.45) is 5.94. The molecule has 7 heteroatoms. The van der Waals surface area contributed by atoms with Crippen LogP contribution >= 0.6 is 0 Å². The van der Waals surface area contributed by atoms with Gasteiger partial charge in [-0.15, -0.1) is 0 Å². The quantitative estimate of drug-likeness (QED) is 0.682. The molecular weight excluding hydrogens is 376 g/mol. The van der Waals surface area contributed by atoms with Crippen LogP contribution in [0.25, 0.3) is 5.52 Å². The normalized spacial score (nSPS) is 13.3. The summed E-state index contributed by atoms with van der Waals surface area (Å²) in [6, 6.07) is 5.32. The van der Waals surface area contributed by atoms with Gasteiger partial charge in [-0.1, -0.05) is 18.2 Å². The first-order valence-electron chi connectivity index (χ1n) is 9.06. The lowest BCUT2D eigenvalue weighted by Crippen LogP contribution is -2.35. The van der Waals surface area contributed by atoms with E-state index in [0.29, 0.717) is 16.9 Å². The van der Waals surface area contributed by atoms with E-state index < -0.39 is 21.5 Å². The molecule has 28 heavy (non-hydrogen) atoms. The van der Waals surface area contributed by atoms with E-state index in [1.54, 1.807) is 82.5 Å². The molecule has 0 spiro atoms. The molecule has 2 heterocycles. The standard InChI is InChI=1S/C21H28N2O4S/c1-8-12-16(9-2)28(25,26)19-17-13-10-11-14-23(17)15(3)18(19)22(7)20(24)27-21(4,5)6/h8-14H,1-7H3. The Labute approximate surface area is 167 Å². The molecule has 0 unspecified atom stereocenters. The van der Waals surface area contributed by atoms with Gasteiger partial charge in [0.2, 0.25) is 9.84 Å². The molecule has 0 bridgehead atoms. The maximum Gasteiger partial charge on any atom is 0.414 e. The first kappa shape index (κ1) is 21.8. The summed E-state index contributed by atoms with van der Waals surface area (Å²) < 4.78 is 34.2. The Balaban J connectivity index is 2.83. The Morgan fingerprint density at radius 2 is 1.86 bits per heavy atom. The van der Waals surface area contributed by atoms with Crippen molar-refractivity contribution in [2.24, 2.45) is 0 Å². The van der Waals surface area contributed by atoms with Crippen molar-refractivity contribution >= 4 is 27.1 Å². The van der Waals surface area contributed by atoms with E-state index in [1.165, 1.54) is 11.9 Å². The number of aryl methyl sites for hydroxylation is 1. The molecule has 0 N–H and O–H groups in total. The lowest BCUT2D eigenvalue weighted by atomic mass is 10.2. The molecule has 2 rings (SSSR count). The summed E-state index contributed by atoms with van der Waals surface area (Å²) in [5, 5.41) is 0. The molecule has 0 saturated carbocycles. The highest BCUT2D eigenvalue weighted by molar-refractivity contribution is 7.95. The number of pyridine rings is 1. The second-order valence-corrected chi connectivity index (χ2v) is 9.34. The van der Waals surface area contributed by atoms with Crippen LogP contribution in [0.1, 0.15) is 40.3 Å². The van der Waals surface area contributed by atoms with Crippen LogP contribution < -0.4 is 4.90 Å². The van der Waals surface area contributed by atoms with Crippen LogP contribution in [0.4, 0.5) is 10.5 Å². The Morgan fingerprint density at radius 3 is 2.39 bits per heavy atom. The number of hydrogen-bond acceptors (Lipinski definition) is 4. The summed E-state index contributed by atoms with van der Waals surface area (Å²) in [6.45, 7) is 10.5. The molecule has 0 aliphatic rings. The maximum atomic E-state index is 13.5. The van der Waals surface area contributed by atoms with E-state index in [1.807, 2.05) is 6.07 Å². The third-order valence-electron chi connectivity index (χ3n) is 4.21. The zero-order chi connectivity index (χ0) is 21.3. The van der Waals surface area contributed by atoms with Gasteiger partial charge in [0.05, 0.1) is 16.1 Å². The van der Waals surface area contributed by atoms with Gasteiger partial charge in [0, 0.05) is 18.9 Å². The number of nitrogens with zero attached hydrogens (tertiary/aromatic N) is 2. The predicted octanol–water partition coefficient (Wildman–Crippen LogP) is 4.87. The number of ether oxygens (including phenoxy) is 1. The minimum Gasteiger partial charge on any atom is -0.443 e. The largest absolute Gasteiger partial charge is 0.443 e. The number of hydrogen-bond donors (Lipinski definition) is 0. The number of aromatic nitrogens is 1. The summed E-state index contributed by atoms with van der Waals surface area (Å²) in [4.78, 5) is 14.2. The van der Waals surface area contributed by atoms with Crippen molar-refractivity contribution in [1.82, 2.24) is 4.40 Å². The highest BCUT2D eigenvalue weighted by Gasteiger charge is 2.33. The molecule has 0 aromatic carbocycles. The van der Waals surface area contributed by atoms with Crippen molar-refractivity contribution in [3.63, 3.8) is 0 Å². The van der Waals surface area contributed by atoms with E-state index in [9.17, 15) is 13.2 Å². The second-order valence-electron chi connectivity index (χ2n) is 7.45. The van der Waals surface area contributed by atoms with Gasteiger partial charge < -0.3 is 9.14 Å². The van der Waals surface area contributed by atoms with Gasteiger partial charge in [0.1, 0.15) is 10.5 Å². The molecule has 0 radical (unpaired) electrons. The van der Waals surface area contributed by atoms with Crippen LogP contribution in [0.3, 0.4) is 0 Å². The van der Waals surface area contributed by atoms with Crippen LogP contribution in [0, 0.1) is 6.92 Å². The molecule has 0 fully saturated rings. The van der Waals surface area contributed by atoms with E-state index >= 15 is 0 Å². The fourth-order valence-electron chi connectivity index (χ4n) is 3.03. The molecule has 2 aromatic rings. The predicted molar refractivity (Wildman–Crippen MR) is 113 cm³/mol. The van der Waals surface area contributed by atoms with Gasteiger partial charge in [0.15, 0.2) is 0 Å². The molecule has 6 nitrogen and oxygen atoms in total. The number of amides is 1. The number of sulfone groups is 1. The molecule has 0 saturated heterocycles. The Kier molecular flexibility index (Phi) is 6.09. The lowest BCUT2D eigenvalue weighted by molar-refractivity contribution is 0.0588. The summed E-state index contributed by atoms with van der Waals surface area (Å²) in [5.41, 5.74) is 0.758. The number of rotatable bonds is 4. The average molecular weight is 405 g/mol. The average Bonchev–Trinajstić information content (AvgIpc) is 2.91. The van der Waals surface area contributed by atoms with Crippen molar-refractivity contribution < 1.29 is 17.9 Å². The van der Waals surface area contributed by atoms with E-state index in [4.69, 9.17) is 4.74 Å². The molecule has 152 valence electrons. The highest BCUT2D eigenvalue weighted by atomic mass is 32.2. The smallest absolute Gasteiger partial charge is 0.414 e. The minimum absolute atomic E-state index is 0.0881. The van der Waals surface area contributed by atoms with Crippen LogP contribution in [0.15, 0.2) is 52.4 Å². The van der Waals surface area contributed by atoms with Gasteiger partial charge in [0.25, 0.3) is 0 Å². The zero-order valence-corrected chi connectivity index (χ0v) is 18.3. The van der Waals surface area contributed by atoms with Crippen molar-refractivity contribution in [3.8, 4) is 0 Å². The van der Waals surface area contributed by atoms with Gasteiger partial charge in [-0.3, -0.25) is 4.90 Å². The van der Waals surface area contributed by atoms with Gasteiger partial charge in [-0.05, 0) is 59.8 Å². The summed E-state index contributed by atoms with van der Waals surface area (Å²) in [5.74, 6) is 0. The number of anilines is 1. The van der Waals surface area contributed by atoms with Crippen molar-refractivity contribution in [2.45, 2.75) is 52.0 Å². The van der Waals surface area contributed by atoms with Gasteiger partial charge in [-0.2, -0.15) is 0 Å². The Morgan fingerprint density at radius 1 is 1.21 bits per heavy atom.